The maximum Gasteiger partial charge on any atom is 0.154 e. The van der Waals surface area contributed by atoms with Gasteiger partial charge in [-0.2, -0.15) is 0 Å². The fraction of sp³-hybridized carbons (Fsp3) is 0.455. The van der Waals surface area contributed by atoms with E-state index in [1.807, 2.05) is 12.2 Å². The Morgan fingerprint density at radius 3 is 2.92 bits per heavy atom. The molecule has 0 N–H and O–H groups in total. The Morgan fingerprint density at radius 2 is 2.38 bits per heavy atom. The van der Waals surface area contributed by atoms with Crippen molar-refractivity contribution in [2.75, 3.05) is 27.2 Å². The van der Waals surface area contributed by atoms with Crippen LogP contribution in [0.25, 0.3) is 0 Å². The van der Waals surface area contributed by atoms with Crippen LogP contribution >= 0.6 is 0 Å². The van der Waals surface area contributed by atoms with Gasteiger partial charge in [-0.15, -0.1) is 0 Å². The van der Waals surface area contributed by atoms with Crippen LogP contribution in [0.1, 0.15) is 6.42 Å². The molecule has 0 aromatic heterocycles. The molecule has 1 aliphatic heterocycles. The van der Waals surface area contributed by atoms with Gasteiger partial charge >= 0.3 is 0 Å². The van der Waals surface area contributed by atoms with Crippen molar-refractivity contribution >= 4 is 0 Å². The molecule has 0 aromatic rings. The molecule has 2 nitrogen and oxygen atoms in total. The van der Waals surface area contributed by atoms with Crippen molar-refractivity contribution in [2.24, 2.45) is 0 Å². The molecule has 1 rings (SSSR count). The van der Waals surface area contributed by atoms with Gasteiger partial charge in [0.2, 0.25) is 0 Å². The summed E-state index contributed by atoms with van der Waals surface area (Å²) in [5, 5.41) is 0. The summed E-state index contributed by atoms with van der Waals surface area (Å²) in [6.45, 7) is 5.64. The van der Waals surface area contributed by atoms with E-state index >= 15 is 0 Å². The van der Waals surface area contributed by atoms with Crippen LogP contribution in [0.5, 0.6) is 0 Å². The van der Waals surface area contributed by atoms with E-state index in [1.54, 1.807) is 6.26 Å². The summed E-state index contributed by atoms with van der Waals surface area (Å²) in [6, 6.07) is 0. The molecule has 13 heavy (non-hydrogen) atoms. The molecule has 0 unspecified atom stereocenters. The Hall–Kier alpha value is -1.02. The highest BCUT2D eigenvalue weighted by Gasteiger charge is 2.16. The summed E-state index contributed by atoms with van der Waals surface area (Å²) < 4.78 is 6.28. The number of quaternary nitrogens is 1. The SMILES string of the molecule is C=CC[N+](C)(C)CC1=CCC=CO1. The van der Waals surface area contributed by atoms with E-state index in [-0.39, 0.29) is 0 Å². The number of allylic oxidation sites excluding steroid dienone is 2. The molecule has 0 radical (unpaired) electrons. The second kappa shape index (κ2) is 4.28. The van der Waals surface area contributed by atoms with E-state index in [1.165, 1.54) is 0 Å². The van der Waals surface area contributed by atoms with E-state index in [0.29, 0.717) is 0 Å². The molecule has 0 amide bonds. The van der Waals surface area contributed by atoms with Crippen molar-refractivity contribution in [1.29, 1.82) is 0 Å². The second-order valence-electron chi connectivity index (χ2n) is 3.96. The molecule has 1 heterocycles. The summed E-state index contributed by atoms with van der Waals surface area (Å²) in [7, 11) is 4.34. The van der Waals surface area contributed by atoms with Crippen LogP contribution in [0.3, 0.4) is 0 Å². The van der Waals surface area contributed by atoms with Gasteiger partial charge in [0.05, 0.1) is 26.9 Å². The van der Waals surface area contributed by atoms with Gasteiger partial charge in [0, 0.05) is 0 Å². The van der Waals surface area contributed by atoms with Crippen molar-refractivity contribution < 1.29 is 9.22 Å². The van der Waals surface area contributed by atoms with Crippen LogP contribution in [-0.2, 0) is 4.74 Å². The van der Waals surface area contributed by atoms with Gasteiger partial charge in [0.15, 0.2) is 5.76 Å². The molecule has 0 bridgehead atoms. The van der Waals surface area contributed by atoms with E-state index in [2.05, 4.69) is 26.8 Å². The molecule has 0 aromatic carbocycles. The Labute approximate surface area is 80.4 Å². The molecule has 0 fully saturated rings. The van der Waals surface area contributed by atoms with Crippen LogP contribution in [0, 0.1) is 0 Å². The van der Waals surface area contributed by atoms with E-state index in [9.17, 15) is 0 Å². The molecule has 72 valence electrons. The Morgan fingerprint density at radius 1 is 1.62 bits per heavy atom. The maximum absolute atomic E-state index is 5.39. The molecular formula is C11H18NO+. The predicted octanol–water partition coefficient (Wildman–Crippen LogP) is 2.07. The Kier molecular flexibility index (Phi) is 3.32. The minimum absolute atomic E-state index is 0.892. The third-order valence-corrected chi connectivity index (χ3v) is 2.00. The van der Waals surface area contributed by atoms with Crippen molar-refractivity contribution in [1.82, 2.24) is 0 Å². The maximum atomic E-state index is 5.39. The normalized spacial score (nSPS) is 16.3. The van der Waals surface area contributed by atoms with Gasteiger partial charge in [-0.3, -0.25) is 0 Å². The van der Waals surface area contributed by atoms with Crippen molar-refractivity contribution in [3.8, 4) is 0 Å². The highest BCUT2D eigenvalue weighted by molar-refractivity contribution is 5.04. The molecule has 0 saturated carbocycles. The Bertz CT molecular complexity index is 238. The van der Waals surface area contributed by atoms with Crippen LogP contribution in [0.4, 0.5) is 0 Å². The lowest BCUT2D eigenvalue weighted by Gasteiger charge is -2.29. The number of rotatable bonds is 4. The molecule has 0 aliphatic carbocycles. The fourth-order valence-corrected chi connectivity index (χ4v) is 1.38. The van der Waals surface area contributed by atoms with E-state index in [4.69, 9.17) is 4.74 Å². The summed E-state index contributed by atoms with van der Waals surface area (Å²) >= 11 is 0. The smallest absolute Gasteiger partial charge is 0.154 e. The van der Waals surface area contributed by atoms with E-state index < -0.39 is 0 Å². The van der Waals surface area contributed by atoms with E-state index in [0.717, 1.165) is 29.8 Å². The number of likely N-dealkylation sites (N-methyl/N-ethyl adjacent to an activating group) is 1. The third kappa shape index (κ3) is 3.47. The van der Waals surface area contributed by atoms with Crippen LogP contribution in [-0.4, -0.2) is 31.7 Å². The van der Waals surface area contributed by atoms with Gasteiger partial charge in [-0.05, 0) is 24.6 Å². The average molecular weight is 180 g/mol. The zero-order valence-corrected chi connectivity index (χ0v) is 8.49. The van der Waals surface area contributed by atoms with Crippen LogP contribution in [0.2, 0.25) is 0 Å². The highest BCUT2D eigenvalue weighted by Crippen LogP contribution is 2.11. The first kappa shape index (κ1) is 10.1. The number of ether oxygens (including phenoxy) is 1. The monoisotopic (exact) mass is 180 g/mol. The zero-order valence-electron chi connectivity index (χ0n) is 8.49. The predicted molar refractivity (Wildman–Crippen MR) is 55.0 cm³/mol. The minimum Gasteiger partial charge on any atom is -0.464 e. The van der Waals surface area contributed by atoms with Crippen LogP contribution in [0.15, 0.2) is 36.8 Å². The van der Waals surface area contributed by atoms with Crippen molar-refractivity contribution in [3.05, 3.63) is 36.8 Å². The van der Waals surface area contributed by atoms with Gasteiger partial charge in [-0.25, -0.2) is 0 Å². The van der Waals surface area contributed by atoms with Gasteiger partial charge < -0.3 is 9.22 Å². The van der Waals surface area contributed by atoms with Crippen molar-refractivity contribution in [2.45, 2.75) is 6.42 Å². The third-order valence-electron chi connectivity index (χ3n) is 2.00. The largest absolute Gasteiger partial charge is 0.464 e. The fourth-order valence-electron chi connectivity index (χ4n) is 1.38. The summed E-state index contributed by atoms with van der Waals surface area (Å²) in [5.41, 5.74) is 0. The first-order valence-corrected chi connectivity index (χ1v) is 4.58. The number of hydrogen-bond acceptors (Lipinski definition) is 1. The average Bonchev–Trinajstić information content (AvgIpc) is 2.04. The summed E-state index contributed by atoms with van der Waals surface area (Å²) in [5.74, 6) is 1.06. The molecule has 0 atom stereocenters. The first-order chi connectivity index (χ1) is 6.14. The molecule has 1 aliphatic rings. The summed E-state index contributed by atoms with van der Waals surface area (Å²) in [4.78, 5) is 0. The lowest BCUT2D eigenvalue weighted by atomic mass is 10.3. The zero-order chi connectivity index (χ0) is 9.73. The Balaban J connectivity index is 2.47. The topological polar surface area (TPSA) is 9.23 Å². The lowest BCUT2D eigenvalue weighted by molar-refractivity contribution is -0.881. The number of hydrogen-bond donors (Lipinski definition) is 0. The van der Waals surface area contributed by atoms with Crippen molar-refractivity contribution in [3.63, 3.8) is 0 Å². The quantitative estimate of drug-likeness (QED) is 0.475. The first-order valence-electron chi connectivity index (χ1n) is 4.58. The van der Waals surface area contributed by atoms with Gasteiger partial charge in [0.25, 0.3) is 0 Å². The lowest BCUT2D eigenvalue weighted by Crippen LogP contribution is -2.41. The molecule has 0 spiro atoms. The molecule has 0 saturated heterocycles. The molecule has 2 heteroatoms. The van der Waals surface area contributed by atoms with Gasteiger partial charge in [-0.1, -0.05) is 6.58 Å². The highest BCUT2D eigenvalue weighted by atomic mass is 16.5. The molecular weight excluding hydrogens is 162 g/mol. The summed E-state index contributed by atoms with van der Waals surface area (Å²) in [6.07, 6.45) is 8.84. The minimum atomic E-state index is 0.892. The second-order valence-corrected chi connectivity index (χ2v) is 3.96. The van der Waals surface area contributed by atoms with Gasteiger partial charge in [0.1, 0.15) is 6.54 Å². The standard InChI is InChI=1S/C11H18NO/c1-4-8-12(2,3)10-11-7-5-6-9-13-11/h4,6-7,9H,1,5,8,10H2,2-3H3/q+1. The van der Waals surface area contributed by atoms with Crippen LogP contribution < -0.4 is 0 Å². The number of nitrogens with zero attached hydrogens (tertiary/aromatic N) is 1.